The molecule has 2 unspecified atom stereocenters. The average Bonchev–Trinajstić information content (AvgIpc) is 3.31. The van der Waals surface area contributed by atoms with Crippen LogP contribution < -0.4 is 11.1 Å². The summed E-state index contributed by atoms with van der Waals surface area (Å²) in [5.41, 5.74) is 7.46. The number of carbonyl (C=O) groups is 3. The molecule has 1 saturated carbocycles. The number of hydrogen-bond donors (Lipinski definition) is 2. The number of hydrogen-bond acceptors (Lipinski definition) is 5. The van der Waals surface area contributed by atoms with E-state index in [0.29, 0.717) is 12.0 Å². The Hall–Kier alpha value is -2.45. The molecule has 1 heterocycles. The van der Waals surface area contributed by atoms with Crippen LogP contribution >= 0.6 is 0 Å². The van der Waals surface area contributed by atoms with Gasteiger partial charge in [-0.15, -0.1) is 0 Å². The summed E-state index contributed by atoms with van der Waals surface area (Å²) in [5, 5.41) is 2.92. The molecule has 1 saturated heterocycles. The highest BCUT2D eigenvalue weighted by molar-refractivity contribution is 5.95. The quantitative estimate of drug-likeness (QED) is 0.642. The van der Waals surface area contributed by atoms with Gasteiger partial charge in [-0.25, -0.2) is 0 Å². The predicted octanol–water partition coefficient (Wildman–Crippen LogP) is 0.111. The van der Waals surface area contributed by atoms with Crippen LogP contribution in [0.3, 0.4) is 0 Å². The second-order valence-corrected chi connectivity index (χ2v) is 8.40. The van der Waals surface area contributed by atoms with Gasteiger partial charge < -0.3 is 25.6 Å². The number of nitrogens with one attached hydrogen (secondary N) is 1. The lowest BCUT2D eigenvalue weighted by atomic mass is 9.94. The van der Waals surface area contributed by atoms with E-state index < -0.39 is 11.9 Å². The van der Waals surface area contributed by atoms with Crippen LogP contribution in [-0.2, 0) is 19.7 Å². The van der Waals surface area contributed by atoms with Crippen LogP contribution in [0.2, 0.25) is 0 Å². The molecular formula is C21H30N4O4. The van der Waals surface area contributed by atoms with Crippen molar-refractivity contribution in [2.24, 2.45) is 5.73 Å². The number of likely N-dealkylation sites (tertiary alicyclic amines) is 1. The van der Waals surface area contributed by atoms with E-state index in [4.69, 9.17) is 10.5 Å². The molecule has 8 nitrogen and oxygen atoms in total. The molecule has 3 amide bonds. The Bertz CT molecular complexity index is 773. The van der Waals surface area contributed by atoms with Crippen molar-refractivity contribution in [3.8, 4) is 0 Å². The SMILES string of the molecule is COCC(=O)N1CC(NC(=O)c2ccc(C3(CN(C)C)CC3)cc2)CC1C(N)=O. The Labute approximate surface area is 171 Å². The molecule has 2 fully saturated rings. The van der Waals surface area contributed by atoms with Crippen LogP contribution in [0.4, 0.5) is 0 Å². The zero-order valence-corrected chi connectivity index (χ0v) is 17.3. The summed E-state index contributed by atoms with van der Waals surface area (Å²) in [4.78, 5) is 40.1. The van der Waals surface area contributed by atoms with Gasteiger partial charge in [0.1, 0.15) is 12.6 Å². The number of benzene rings is 1. The van der Waals surface area contributed by atoms with E-state index in [1.165, 1.54) is 30.4 Å². The first-order chi connectivity index (χ1) is 13.8. The van der Waals surface area contributed by atoms with E-state index in [1.807, 2.05) is 24.3 Å². The van der Waals surface area contributed by atoms with Crippen molar-refractivity contribution in [1.29, 1.82) is 0 Å². The standard InChI is InChI=1S/C21H30N4O4/c1-24(2)13-21(8-9-21)15-6-4-14(5-7-15)20(28)23-16-10-17(19(22)27)25(11-16)18(26)12-29-3/h4-7,16-17H,8-13H2,1-3H3,(H2,22,27)(H,23,28). The van der Waals surface area contributed by atoms with Crippen LogP contribution in [0.25, 0.3) is 0 Å². The van der Waals surface area contributed by atoms with Crippen molar-refractivity contribution in [1.82, 2.24) is 15.1 Å². The van der Waals surface area contributed by atoms with E-state index in [-0.39, 0.29) is 36.4 Å². The first kappa shape index (κ1) is 21.3. The number of nitrogens with two attached hydrogens (primary N) is 1. The minimum Gasteiger partial charge on any atom is -0.375 e. The molecule has 1 aliphatic heterocycles. The van der Waals surface area contributed by atoms with Crippen LogP contribution in [0.15, 0.2) is 24.3 Å². The predicted molar refractivity (Wildman–Crippen MR) is 108 cm³/mol. The van der Waals surface area contributed by atoms with Gasteiger partial charge in [-0.2, -0.15) is 0 Å². The van der Waals surface area contributed by atoms with Crippen molar-refractivity contribution in [3.05, 3.63) is 35.4 Å². The monoisotopic (exact) mass is 402 g/mol. The molecule has 8 heteroatoms. The molecule has 1 aromatic carbocycles. The average molecular weight is 402 g/mol. The Morgan fingerprint density at radius 1 is 1.24 bits per heavy atom. The maximum Gasteiger partial charge on any atom is 0.251 e. The lowest BCUT2D eigenvalue weighted by Crippen LogP contribution is -2.45. The van der Waals surface area contributed by atoms with Gasteiger partial charge >= 0.3 is 0 Å². The molecule has 0 aromatic heterocycles. The number of carbonyl (C=O) groups excluding carboxylic acids is 3. The Kier molecular flexibility index (Phi) is 6.24. The Balaban J connectivity index is 1.63. The van der Waals surface area contributed by atoms with E-state index in [2.05, 4.69) is 24.3 Å². The molecule has 0 bridgehead atoms. The Morgan fingerprint density at radius 2 is 1.90 bits per heavy atom. The molecule has 29 heavy (non-hydrogen) atoms. The van der Waals surface area contributed by atoms with Gasteiger partial charge in [-0.05, 0) is 51.1 Å². The zero-order chi connectivity index (χ0) is 21.2. The first-order valence-electron chi connectivity index (χ1n) is 9.89. The van der Waals surface area contributed by atoms with Gasteiger partial charge in [-0.1, -0.05) is 12.1 Å². The molecule has 1 aliphatic carbocycles. The largest absolute Gasteiger partial charge is 0.375 e. The summed E-state index contributed by atoms with van der Waals surface area (Å²) in [6.45, 7) is 1.12. The molecule has 3 N–H and O–H groups in total. The summed E-state index contributed by atoms with van der Waals surface area (Å²) in [5.74, 6) is -1.11. The lowest BCUT2D eigenvalue weighted by Gasteiger charge is -2.21. The number of nitrogens with zero attached hydrogens (tertiary/aromatic N) is 2. The van der Waals surface area contributed by atoms with Crippen LogP contribution in [-0.4, -0.2) is 80.5 Å². The lowest BCUT2D eigenvalue weighted by molar-refractivity contribution is -0.140. The van der Waals surface area contributed by atoms with Crippen LogP contribution in [0, 0.1) is 0 Å². The number of amides is 3. The van der Waals surface area contributed by atoms with E-state index in [1.54, 1.807) is 0 Å². The van der Waals surface area contributed by atoms with Gasteiger partial charge in [0.25, 0.3) is 5.91 Å². The number of primary amides is 1. The van der Waals surface area contributed by atoms with E-state index in [0.717, 1.165) is 6.54 Å². The highest BCUT2D eigenvalue weighted by Gasteiger charge is 2.44. The number of rotatable bonds is 8. The zero-order valence-electron chi connectivity index (χ0n) is 17.3. The maximum atomic E-state index is 12.7. The molecule has 2 atom stereocenters. The Morgan fingerprint density at radius 3 is 2.41 bits per heavy atom. The fourth-order valence-corrected chi connectivity index (χ4v) is 4.23. The molecular weight excluding hydrogens is 372 g/mol. The molecule has 2 aliphatic rings. The van der Waals surface area contributed by atoms with Gasteiger partial charge in [0.05, 0.1) is 0 Å². The third-order valence-corrected chi connectivity index (χ3v) is 5.78. The number of methoxy groups -OCH3 is 1. The third kappa shape index (κ3) is 4.76. The smallest absolute Gasteiger partial charge is 0.251 e. The van der Waals surface area contributed by atoms with Crippen molar-refractivity contribution >= 4 is 17.7 Å². The van der Waals surface area contributed by atoms with Crippen molar-refractivity contribution in [3.63, 3.8) is 0 Å². The fraction of sp³-hybridized carbons (Fsp3) is 0.571. The highest BCUT2D eigenvalue weighted by atomic mass is 16.5. The maximum absolute atomic E-state index is 12.7. The molecule has 0 spiro atoms. The van der Waals surface area contributed by atoms with Gasteiger partial charge in [0.15, 0.2) is 0 Å². The molecule has 3 rings (SSSR count). The second kappa shape index (κ2) is 8.51. The van der Waals surface area contributed by atoms with E-state index in [9.17, 15) is 14.4 Å². The minimum atomic E-state index is -0.730. The van der Waals surface area contributed by atoms with Gasteiger partial charge in [-0.3, -0.25) is 14.4 Å². The summed E-state index contributed by atoms with van der Waals surface area (Å²) in [6.07, 6.45) is 2.64. The molecule has 158 valence electrons. The number of ether oxygens (including phenoxy) is 1. The fourth-order valence-electron chi connectivity index (χ4n) is 4.23. The van der Waals surface area contributed by atoms with Crippen LogP contribution in [0.5, 0.6) is 0 Å². The third-order valence-electron chi connectivity index (χ3n) is 5.78. The topological polar surface area (TPSA) is 105 Å². The summed E-state index contributed by atoms with van der Waals surface area (Å²) in [7, 11) is 5.56. The first-order valence-corrected chi connectivity index (χ1v) is 9.89. The second-order valence-electron chi connectivity index (χ2n) is 8.40. The van der Waals surface area contributed by atoms with Crippen molar-refractivity contribution in [2.45, 2.75) is 36.8 Å². The summed E-state index contributed by atoms with van der Waals surface area (Å²) < 4.78 is 4.86. The number of likely N-dealkylation sites (N-methyl/N-ethyl adjacent to an activating group) is 1. The minimum absolute atomic E-state index is 0.124. The van der Waals surface area contributed by atoms with Crippen molar-refractivity contribution < 1.29 is 19.1 Å². The summed E-state index contributed by atoms with van der Waals surface area (Å²) in [6, 6.07) is 6.68. The van der Waals surface area contributed by atoms with Crippen molar-refractivity contribution in [2.75, 3.05) is 40.9 Å². The molecule has 0 radical (unpaired) electrons. The highest BCUT2D eigenvalue weighted by Crippen LogP contribution is 2.48. The van der Waals surface area contributed by atoms with E-state index >= 15 is 0 Å². The molecule has 1 aromatic rings. The van der Waals surface area contributed by atoms with Crippen LogP contribution in [0.1, 0.15) is 35.2 Å². The van der Waals surface area contributed by atoms with Gasteiger partial charge in [0.2, 0.25) is 11.8 Å². The summed E-state index contributed by atoms with van der Waals surface area (Å²) >= 11 is 0. The normalized spacial score (nSPS) is 22.6. The van der Waals surface area contributed by atoms with Gasteiger partial charge in [0, 0.05) is 37.2 Å².